The summed E-state index contributed by atoms with van der Waals surface area (Å²) < 4.78 is 1.41. The Balaban J connectivity index is 1.36. The van der Waals surface area contributed by atoms with Crippen LogP contribution in [0, 0.1) is 0 Å². The van der Waals surface area contributed by atoms with Gasteiger partial charge >= 0.3 is 5.69 Å². The molecule has 0 radical (unpaired) electrons. The van der Waals surface area contributed by atoms with Crippen molar-refractivity contribution in [2.75, 3.05) is 6.54 Å². The lowest BCUT2D eigenvalue weighted by atomic mass is 10.2. The maximum atomic E-state index is 12.2. The Labute approximate surface area is 159 Å². The van der Waals surface area contributed by atoms with Gasteiger partial charge in [-0.15, -0.1) is 0 Å². The lowest BCUT2D eigenvalue weighted by molar-refractivity contribution is -0.121. The Hall–Kier alpha value is -3.68. The number of aromatic amines is 2. The molecule has 4 aromatic rings. The molecule has 0 fully saturated rings. The number of nitrogens with one attached hydrogen (secondary N) is 3. The van der Waals surface area contributed by atoms with Crippen molar-refractivity contribution in [1.29, 1.82) is 0 Å². The van der Waals surface area contributed by atoms with Crippen molar-refractivity contribution in [3.63, 3.8) is 0 Å². The molecule has 0 saturated heterocycles. The summed E-state index contributed by atoms with van der Waals surface area (Å²) in [4.78, 5) is 46.1. The van der Waals surface area contributed by atoms with Crippen LogP contribution in [0.25, 0.3) is 21.9 Å². The quantitative estimate of drug-likeness (QED) is 0.470. The van der Waals surface area contributed by atoms with Gasteiger partial charge in [0.1, 0.15) is 5.82 Å². The molecule has 3 N–H and O–H groups in total. The van der Waals surface area contributed by atoms with E-state index in [4.69, 9.17) is 0 Å². The second-order valence-electron chi connectivity index (χ2n) is 6.48. The van der Waals surface area contributed by atoms with Crippen LogP contribution in [0.1, 0.15) is 12.2 Å². The van der Waals surface area contributed by atoms with Crippen LogP contribution in [0.4, 0.5) is 0 Å². The van der Waals surface area contributed by atoms with Gasteiger partial charge in [-0.3, -0.25) is 19.1 Å². The number of benzene rings is 2. The van der Waals surface area contributed by atoms with E-state index in [1.165, 1.54) is 4.57 Å². The average Bonchev–Trinajstić information content (AvgIpc) is 3.10. The molecule has 0 bridgehead atoms. The second kappa shape index (κ2) is 7.51. The summed E-state index contributed by atoms with van der Waals surface area (Å²) in [5.74, 6) is 0.641. The van der Waals surface area contributed by atoms with Crippen LogP contribution in [-0.2, 0) is 17.8 Å². The zero-order valence-electron chi connectivity index (χ0n) is 15.1. The summed E-state index contributed by atoms with van der Waals surface area (Å²) in [5.41, 5.74) is 1.44. The first-order valence-electron chi connectivity index (χ1n) is 9.04. The predicted octanol–water partition coefficient (Wildman–Crippen LogP) is 1.32. The van der Waals surface area contributed by atoms with Crippen LogP contribution >= 0.6 is 0 Å². The molecule has 142 valence electrons. The summed E-state index contributed by atoms with van der Waals surface area (Å²) in [6.45, 7) is 0.631. The van der Waals surface area contributed by atoms with E-state index in [-0.39, 0.29) is 18.9 Å². The number of fused-ring (bicyclic) bond motifs is 2. The van der Waals surface area contributed by atoms with Crippen molar-refractivity contribution in [2.24, 2.45) is 0 Å². The Morgan fingerprint density at radius 1 is 1.04 bits per heavy atom. The van der Waals surface area contributed by atoms with E-state index >= 15 is 0 Å². The SMILES string of the molecule is O=C(CCn1c(=O)[nH]c(=O)c2ccccc21)NCCc1nc2ccccc2[nH]1. The zero-order chi connectivity index (χ0) is 19.5. The Bertz CT molecular complexity index is 1240. The second-order valence-corrected chi connectivity index (χ2v) is 6.48. The molecule has 8 heteroatoms. The van der Waals surface area contributed by atoms with Crippen LogP contribution in [0.2, 0.25) is 0 Å². The Morgan fingerprint density at radius 2 is 1.82 bits per heavy atom. The first-order valence-corrected chi connectivity index (χ1v) is 9.04. The highest BCUT2D eigenvalue weighted by Gasteiger charge is 2.09. The number of amides is 1. The molecule has 0 aliphatic heterocycles. The molecule has 1 amide bonds. The number of imidazole rings is 1. The number of hydrogen-bond donors (Lipinski definition) is 3. The molecule has 0 aliphatic rings. The molecule has 28 heavy (non-hydrogen) atoms. The van der Waals surface area contributed by atoms with Crippen molar-refractivity contribution in [3.05, 3.63) is 75.2 Å². The van der Waals surface area contributed by atoms with Crippen molar-refractivity contribution in [2.45, 2.75) is 19.4 Å². The highest BCUT2D eigenvalue weighted by atomic mass is 16.2. The molecule has 0 atom stereocenters. The third kappa shape index (κ3) is 3.57. The summed E-state index contributed by atoms with van der Waals surface area (Å²) in [6.07, 6.45) is 0.720. The fraction of sp³-hybridized carbons (Fsp3) is 0.200. The number of carbonyl (C=O) groups excluding carboxylic acids is 1. The van der Waals surface area contributed by atoms with Gasteiger partial charge in [0.25, 0.3) is 5.56 Å². The average molecular weight is 377 g/mol. The van der Waals surface area contributed by atoms with E-state index < -0.39 is 11.2 Å². The van der Waals surface area contributed by atoms with Gasteiger partial charge in [-0.25, -0.2) is 9.78 Å². The molecule has 8 nitrogen and oxygen atoms in total. The molecule has 0 aliphatic carbocycles. The molecule has 2 aromatic heterocycles. The van der Waals surface area contributed by atoms with Gasteiger partial charge < -0.3 is 10.3 Å². The first kappa shape index (κ1) is 17.7. The number of aromatic nitrogens is 4. The number of nitrogens with zero attached hydrogens (tertiary/aromatic N) is 2. The number of aryl methyl sites for hydroxylation is 1. The fourth-order valence-electron chi connectivity index (χ4n) is 3.21. The lowest BCUT2D eigenvalue weighted by Gasteiger charge is -2.09. The van der Waals surface area contributed by atoms with Gasteiger partial charge in [-0.1, -0.05) is 24.3 Å². The van der Waals surface area contributed by atoms with Crippen LogP contribution in [0.5, 0.6) is 0 Å². The van der Waals surface area contributed by atoms with Crippen LogP contribution in [0.3, 0.4) is 0 Å². The van der Waals surface area contributed by atoms with Gasteiger partial charge in [0.15, 0.2) is 0 Å². The third-order valence-electron chi connectivity index (χ3n) is 4.59. The van der Waals surface area contributed by atoms with E-state index in [9.17, 15) is 14.4 Å². The van der Waals surface area contributed by atoms with E-state index in [0.717, 1.165) is 16.9 Å². The first-order chi connectivity index (χ1) is 13.6. The van der Waals surface area contributed by atoms with E-state index in [1.807, 2.05) is 24.3 Å². The zero-order valence-corrected chi connectivity index (χ0v) is 15.1. The number of carbonyl (C=O) groups is 1. The molecule has 0 unspecified atom stereocenters. The molecule has 0 saturated carbocycles. The van der Waals surface area contributed by atoms with Gasteiger partial charge in [0.2, 0.25) is 5.91 Å². The van der Waals surface area contributed by atoms with Gasteiger partial charge in [-0.05, 0) is 24.3 Å². The topological polar surface area (TPSA) is 113 Å². The lowest BCUT2D eigenvalue weighted by Crippen LogP contribution is -2.33. The minimum atomic E-state index is -0.515. The smallest absolute Gasteiger partial charge is 0.328 e. The van der Waals surface area contributed by atoms with Crippen molar-refractivity contribution < 1.29 is 4.79 Å². The number of hydrogen-bond acceptors (Lipinski definition) is 4. The van der Waals surface area contributed by atoms with Crippen molar-refractivity contribution in [3.8, 4) is 0 Å². The molecular formula is C20H19N5O3. The molecule has 0 spiro atoms. The largest absolute Gasteiger partial charge is 0.356 e. The van der Waals surface area contributed by atoms with Crippen LogP contribution in [-0.4, -0.2) is 32.0 Å². The van der Waals surface area contributed by atoms with Crippen molar-refractivity contribution in [1.82, 2.24) is 24.8 Å². The molecule has 2 aromatic carbocycles. The summed E-state index contributed by atoms with van der Waals surface area (Å²) in [5, 5.41) is 3.26. The van der Waals surface area contributed by atoms with E-state index in [1.54, 1.807) is 24.3 Å². The summed E-state index contributed by atoms with van der Waals surface area (Å²) in [6, 6.07) is 14.6. The number of para-hydroxylation sites is 3. The van der Waals surface area contributed by atoms with Crippen LogP contribution in [0.15, 0.2) is 58.1 Å². The monoisotopic (exact) mass is 377 g/mol. The Morgan fingerprint density at radius 3 is 2.68 bits per heavy atom. The Kier molecular flexibility index (Phi) is 4.76. The van der Waals surface area contributed by atoms with E-state index in [0.29, 0.717) is 23.9 Å². The third-order valence-corrected chi connectivity index (χ3v) is 4.59. The summed E-state index contributed by atoms with van der Waals surface area (Å²) in [7, 11) is 0. The number of H-pyrrole nitrogens is 2. The maximum absolute atomic E-state index is 12.2. The van der Waals surface area contributed by atoms with E-state index in [2.05, 4.69) is 20.3 Å². The fourth-order valence-corrected chi connectivity index (χ4v) is 3.21. The van der Waals surface area contributed by atoms with Gasteiger partial charge in [-0.2, -0.15) is 0 Å². The predicted molar refractivity (Wildman–Crippen MR) is 106 cm³/mol. The highest BCUT2D eigenvalue weighted by molar-refractivity contribution is 5.79. The normalized spacial score (nSPS) is 11.1. The summed E-state index contributed by atoms with van der Waals surface area (Å²) >= 11 is 0. The highest BCUT2D eigenvalue weighted by Crippen LogP contribution is 2.10. The molecule has 4 rings (SSSR count). The minimum Gasteiger partial charge on any atom is -0.356 e. The minimum absolute atomic E-state index is 0.135. The van der Waals surface area contributed by atoms with Gasteiger partial charge in [0, 0.05) is 25.9 Å². The van der Waals surface area contributed by atoms with Gasteiger partial charge in [0.05, 0.1) is 21.9 Å². The van der Waals surface area contributed by atoms with Crippen LogP contribution < -0.4 is 16.6 Å². The number of rotatable bonds is 6. The molecule has 2 heterocycles. The standard InChI is InChI=1S/C20H19N5O3/c26-18(21-11-9-17-22-14-6-2-3-7-15(14)23-17)10-12-25-16-8-4-1-5-13(16)19(27)24-20(25)28/h1-8H,9-12H2,(H,21,26)(H,22,23)(H,24,27,28). The maximum Gasteiger partial charge on any atom is 0.328 e. The van der Waals surface area contributed by atoms with Crippen molar-refractivity contribution >= 4 is 27.8 Å². The molecular weight excluding hydrogens is 358 g/mol.